The van der Waals surface area contributed by atoms with Gasteiger partial charge in [-0.05, 0) is 12.0 Å². The van der Waals surface area contributed by atoms with Crippen LogP contribution in [0.5, 0.6) is 0 Å². The Morgan fingerprint density at radius 1 is 0.786 bits per heavy atom. The molecule has 0 fully saturated rings. The predicted molar refractivity (Wildman–Crippen MR) is 125 cm³/mol. The van der Waals surface area contributed by atoms with Gasteiger partial charge in [-0.3, -0.25) is 4.90 Å². The summed E-state index contributed by atoms with van der Waals surface area (Å²) in [5.74, 6) is 2.80. The van der Waals surface area contributed by atoms with E-state index in [1.54, 1.807) is 0 Å². The van der Waals surface area contributed by atoms with Gasteiger partial charge in [-0.1, -0.05) is 114 Å². The summed E-state index contributed by atoms with van der Waals surface area (Å²) in [6.07, 6.45) is 19.4. The largest absolute Gasteiger partial charge is 0.430 e. The zero-order chi connectivity index (χ0) is 19.4. The average Bonchev–Trinajstić information content (AvgIpc) is 2.69. The molecule has 1 aromatic carbocycles. The highest BCUT2D eigenvalue weighted by Gasteiger charge is 2.06. The fourth-order valence-corrected chi connectivity index (χ4v) is 3.40. The third-order valence-electron chi connectivity index (χ3n) is 5.00. The molecule has 28 heavy (non-hydrogen) atoms. The molecule has 3 heteroatoms. The van der Waals surface area contributed by atoms with Crippen molar-refractivity contribution in [1.29, 1.82) is 0 Å². The summed E-state index contributed by atoms with van der Waals surface area (Å²) in [5.41, 5.74) is 1.34. The van der Waals surface area contributed by atoms with Crippen molar-refractivity contribution in [3.63, 3.8) is 0 Å². The maximum absolute atomic E-state index is 5.44. The Bertz CT molecular complexity index is 494. The molecule has 0 bridgehead atoms. The summed E-state index contributed by atoms with van der Waals surface area (Å²) in [4.78, 5) is 2.36. The molecule has 0 spiro atoms. The molecule has 2 nitrogen and oxygen atoms in total. The van der Waals surface area contributed by atoms with Gasteiger partial charge in [-0.25, -0.2) is 0 Å². The second kappa shape index (κ2) is 20.6. The maximum atomic E-state index is 5.44. The van der Waals surface area contributed by atoms with Gasteiger partial charge in [-0.15, -0.1) is 12.4 Å². The highest BCUT2D eigenvalue weighted by Crippen LogP contribution is 2.13. The molecule has 1 rings (SSSR count). The van der Waals surface area contributed by atoms with E-state index in [1.807, 2.05) is 6.92 Å². The Hall–Kier alpha value is -1.17. The van der Waals surface area contributed by atoms with Crippen LogP contribution in [0, 0.1) is 12.0 Å². The molecule has 0 N–H and O–H groups in total. The average molecular weight is 408 g/mol. The van der Waals surface area contributed by atoms with Crippen molar-refractivity contribution in [3.8, 4) is 12.0 Å². The predicted octanol–water partition coefficient (Wildman–Crippen LogP) is 7.57. The Balaban J connectivity index is 0.00000729. The number of unbranched alkanes of at least 4 members (excludes halogenated alkanes) is 11. The number of hydrogen-bond acceptors (Lipinski definition) is 2. The third-order valence-corrected chi connectivity index (χ3v) is 5.00. The van der Waals surface area contributed by atoms with Crippen LogP contribution in [0.4, 0.5) is 0 Å². The van der Waals surface area contributed by atoms with Gasteiger partial charge in [0.25, 0.3) is 0 Å². The van der Waals surface area contributed by atoms with E-state index >= 15 is 0 Å². The second-order valence-electron chi connectivity index (χ2n) is 7.55. The Morgan fingerprint density at radius 3 is 1.86 bits per heavy atom. The van der Waals surface area contributed by atoms with Crippen LogP contribution in [0.15, 0.2) is 30.3 Å². The normalized spacial score (nSPS) is 10.2. The van der Waals surface area contributed by atoms with Crippen molar-refractivity contribution in [2.45, 2.75) is 97.4 Å². The van der Waals surface area contributed by atoms with Crippen LogP contribution in [0.1, 0.15) is 96.5 Å². The molecule has 0 saturated heterocycles. The van der Waals surface area contributed by atoms with Crippen molar-refractivity contribution < 1.29 is 4.74 Å². The highest BCUT2D eigenvalue weighted by molar-refractivity contribution is 5.85. The highest BCUT2D eigenvalue weighted by atomic mass is 35.5. The number of benzene rings is 1. The Morgan fingerprint density at radius 2 is 1.32 bits per heavy atom. The molecule has 0 heterocycles. The Kier molecular flexibility index (Phi) is 19.7. The molecule has 1 aromatic rings. The van der Waals surface area contributed by atoms with Crippen LogP contribution in [0.25, 0.3) is 0 Å². The van der Waals surface area contributed by atoms with Gasteiger partial charge in [0, 0.05) is 20.0 Å². The van der Waals surface area contributed by atoms with E-state index in [9.17, 15) is 0 Å². The molecule has 0 unspecified atom stereocenters. The lowest BCUT2D eigenvalue weighted by atomic mass is 10.1. The smallest absolute Gasteiger partial charge is 0.154 e. The van der Waals surface area contributed by atoms with Crippen molar-refractivity contribution >= 4 is 12.4 Å². The van der Waals surface area contributed by atoms with Gasteiger partial charge in [0.05, 0.1) is 0 Å². The van der Waals surface area contributed by atoms with E-state index in [4.69, 9.17) is 4.74 Å². The molecular weight excluding hydrogens is 366 g/mol. The molecular formula is C25H42ClNO. The zero-order valence-electron chi connectivity index (χ0n) is 18.3. The topological polar surface area (TPSA) is 12.5 Å². The van der Waals surface area contributed by atoms with Crippen molar-refractivity contribution in [2.75, 3.05) is 13.3 Å². The molecule has 0 radical (unpaired) electrons. The van der Waals surface area contributed by atoms with Gasteiger partial charge >= 0.3 is 0 Å². The zero-order valence-corrected chi connectivity index (χ0v) is 19.1. The lowest BCUT2D eigenvalue weighted by Crippen LogP contribution is -2.26. The summed E-state index contributed by atoms with van der Waals surface area (Å²) < 4.78 is 5.44. The quantitative estimate of drug-likeness (QED) is 0.150. The van der Waals surface area contributed by atoms with Gasteiger partial charge < -0.3 is 4.74 Å². The lowest BCUT2D eigenvalue weighted by Gasteiger charge is -2.20. The van der Waals surface area contributed by atoms with Crippen LogP contribution in [-0.4, -0.2) is 18.2 Å². The van der Waals surface area contributed by atoms with Gasteiger partial charge in [0.1, 0.15) is 6.11 Å². The lowest BCUT2D eigenvalue weighted by molar-refractivity contribution is 0.0954. The standard InChI is InChI=1S/C25H41NO.ClH/c1-3-5-6-7-8-9-10-11-12-13-14-18-21-26(24-27-22-4-2)23-25-19-16-15-17-20-25;/h15-17,19-20H,3,5-14,18,21,23-24H2,1-2H3;1H. The number of hydrogen-bond donors (Lipinski definition) is 0. The molecule has 0 aliphatic rings. The van der Waals surface area contributed by atoms with E-state index in [1.165, 1.54) is 82.6 Å². The van der Waals surface area contributed by atoms with Crippen molar-refractivity contribution in [2.24, 2.45) is 0 Å². The maximum Gasteiger partial charge on any atom is 0.154 e. The first kappa shape index (κ1) is 26.8. The van der Waals surface area contributed by atoms with E-state index in [0.29, 0.717) is 6.73 Å². The molecule has 0 amide bonds. The first-order valence-corrected chi connectivity index (χ1v) is 11.2. The van der Waals surface area contributed by atoms with Crippen LogP contribution >= 0.6 is 12.4 Å². The molecule has 0 aromatic heterocycles. The van der Waals surface area contributed by atoms with E-state index in [0.717, 1.165) is 13.1 Å². The van der Waals surface area contributed by atoms with Crippen LogP contribution in [0.3, 0.4) is 0 Å². The van der Waals surface area contributed by atoms with Crippen LogP contribution < -0.4 is 0 Å². The SMILES string of the molecule is CC#COCN(CCCCCCCCCCCCCC)Cc1ccccc1.Cl. The van der Waals surface area contributed by atoms with Gasteiger partial charge in [-0.2, -0.15) is 0 Å². The molecule has 0 atom stereocenters. The van der Waals surface area contributed by atoms with Crippen LogP contribution in [0.2, 0.25) is 0 Å². The fourth-order valence-electron chi connectivity index (χ4n) is 3.40. The first-order chi connectivity index (χ1) is 13.4. The van der Waals surface area contributed by atoms with Gasteiger partial charge in [0.15, 0.2) is 6.73 Å². The summed E-state index contributed by atoms with van der Waals surface area (Å²) in [6, 6.07) is 10.6. The van der Waals surface area contributed by atoms with E-state index in [-0.39, 0.29) is 12.4 Å². The molecule has 0 aliphatic carbocycles. The summed E-state index contributed by atoms with van der Waals surface area (Å²) in [6.45, 7) is 6.70. The number of nitrogens with zero attached hydrogens (tertiary/aromatic N) is 1. The number of ether oxygens (including phenoxy) is 1. The van der Waals surface area contributed by atoms with Crippen molar-refractivity contribution in [1.82, 2.24) is 4.90 Å². The summed E-state index contributed by atoms with van der Waals surface area (Å²) >= 11 is 0. The van der Waals surface area contributed by atoms with Crippen molar-refractivity contribution in [3.05, 3.63) is 35.9 Å². The van der Waals surface area contributed by atoms with E-state index in [2.05, 4.69) is 54.2 Å². The minimum absolute atomic E-state index is 0. The van der Waals surface area contributed by atoms with E-state index < -0.39 is 0 Å². The molecule has 160 valence electrons. The monoisotopic (exact) mass is 407 g/mol. The fraction of sp³-hybridized carbons (Fsp3) is 0.680. The molecule has 0 saturated carbocycles. The van der Waals surface area contributed by atoms with Crippen LogP contribution in [-0.2, 0) is 11.3 Å². The molecule has 0 aliphatic heterocycles. The number of rotatable bonds is 17. The summed E-state index contributed by atoms with van der Waals surface area (Å²) in [7, 11) is 0. The second-order valence-corrected chi connectivity index (χ2v) is 7.55. The minimum Gasteiger partial charge on any atom is -0.430 e. The summed E-state index contributed by atoms with van der Waals surface area (Å²) in [5, 5.41) is 0. The Labute approximate surface area is 180 Å². The minimum atomic E-state index is 0. The first-order valence-electron chi connectivity index (χ1n) is 11.2. The number of halogens is 1. The van der Waals surface area contributed by atoms with Gasteiger partial charge in [0.2, 0.25) is 0 Å². The third kappa shape index (κ3) is 15.8.